The Morgan fingerprint density at radius 1 is 1.41 bits per heavy atom. The van der Waals surface area contributed by atoms with Gasteiger partial charge in [-0.1, -0.05) is 17.7 Å². The molecule has 1 aromatic carbocycles. The maximum absolute atomic E-state index is 12.5. The Labute approximate surface area is 140 Å². The van der Waals surface area contributed by atoms with Crippen LogP contribution in [0.1, 0.15) is 18.4 Å². The van der Waals surface area contributed by atoms with Gasteiger partial charge in [0, 0.05) is 37.1 Å². The van der Waals surface area contributed by atoms with Gasteiger partial charge in [-0.15, -0.1) is 12.4 Å². The van der Waals surface area contributed by atoms with Gasteiger partial charge < -0.3 is 10.6 Å². The number of carbonyl (C=O) groups is 1. The number of hydrogen-bond acceptors (Lipinski definition) is 3. The number of aromatic nitrogens is 2. The standard InChI is InChI=1S/C15H17ClN4O.ClH/c16-11-9-18-19(10-11)8-6-15(21)20-7-2-3-12-13(17)4-1-5-14(12)20;/h1,4-5,9-10H,2-3,6-8,17H2;1H. The third-order valence-electron chi connectivity index (χ3n) is 3.74. The average molecular weight is 341 g/mol. The van der Waals surface area contributed by atoms with Crippen LogP contribution in [0, 0.1) is 0 Å². The van der Waals surface area contributed by atoms with Crippen LogP contribution in [0.4, 0.5) is 11.4 Å². The number of nitrogens with two attached hydrogens (primary N) is 1. The first-order valence-corrected chi connectivity index (χ1v) is 7.38. The van der Waals surface area contributed by atoms with E-state index >= 15 is 0 Å². The number of rotatable bonds is 3. The first-order valence-electron chi connectivity index (χ1n) is 7.01. The number of fused-ring (bicyclic) bond motifs is 1. The molecule has 118 valence electrons. The normalized spacial score (nSPS) is 13.4. The van der Waals surface area contributed by atoms with E-state index in [1.54, 1.807) is 17.1 Å². The molecule has 3 rings (SSSR count). The largest absolute Gasteiger partial charge is 0.398 e. The smallest absolute Gasteiger partial charge is 0.228 e. The molecule has 2 aromatic rings. The van der Waals surface area contributed by atoms with Gasteiger partial charge in [0.05, 0.1) is 11.2 Å². The summed E-state index contributed by atoms with van der Waals surface area (Å²) in [6, 6.07) is 5.75. The number of anilines is 2. The number of hydrogen-bond donors (Lipinski definition) is 1. The van der Waals surface area contributed by atoms with Gasteiger partial charge in [-0.2, -0.15) is 5.10 Å². The number of amides is 1. The third-order valence-corrected chi connectivity index (χ3v) is 3.94. The number of nitrogen functional groups attached to an aromatic ring is 1. The third kappa shape index (κ3) is 3.36. The lowest BCUT2D eigenvalue weighted by atomic mass is 9.99. The van der Waals surface area contributed by atoms with Crippen molar-refractivity contribution in [2.24, 2.45) is 0 Å². The Hall–Kier alpha value is -1.72. The zero-order valence-corrected chi connectivity index (χ0v) is 13.6. The fraction of sp³-hybridized carbons (Fsp3) is 0.333. The van der Waals surface area contributed by atoms with Crippen LogP contribution in [0.15, 0.2) is 30.6 Å². The van der Waals surface area contributed by atoms with Crippen LogP contribution in [0.2, 0.25) is 5.02 Å². The molecular weight excluding hydrogens is 323 g/mol. The number of aryl methyl sites for hydroxylation is 1. The highest BCUT2D eigenvalue weighted by atomic mass is 35.5. The maximum Gasteiger partial charge on any atom is 0.228 e. The topological polar surface area (TPSA) is 64.2 Å². The minimum Gasteiger partial charge on any atom is -0.398 e. The molecule has 0 atom stereocenters. The summed E-state index contributed by atoms with van der Waals surface area (Å²) in [6.45, 7) is 1.27. The fourth-order valence-electron chi connectivity index (χ4n) is 2.72. The van der Waals surface area contributed by atoms with Gasteiger partial charge in [-0.05, 0) is 30.5 Å². The van der Waals surface area contributed by atoms with E-state index in [-0.39, 0.29) is 18.3 Å². The summed E-state index contributed by atoms with van der Waals surface area (Å²) in [5, 5.41) is 4.67. The highest BCUT2D eigenvalue weighted by molar-refractivity contribution is 6.30. The van der Waals surface area contributed by atoms with Gasteiger partial charge in [-0.25, -0.2) is 0 Å². The van der Waals surface area contributed by atoms with Crippen LogP contribution in [0.25, 0.3) is 0 Å². The summed E-state index contributed by atoms with van der Waals surface area (Å²) < 4.78 is 1.68. The van der Waals surface area contributed by atoms with Crippen LogP contribution < -0.4 is 10.6 Å². The molecular formula is C15H18Cl2N4O. The van der Waals surface area contributed by atoms with Crippen LogP contribution >= 0.6 is 24.0 Å². The van der Waals surface area contributed by atoms with Crippen LogP contribution in [-0.2, 0) is 17.8 Å². The molecule has 0 bridgehead atoms. The van der Waals surface area contributed by atoms with Gasteiger partial charge in [0.2, 0.25) is 5.91 Å². The second-order valence-electron chi connectivity index (χ2n) is 5.17. The van der Waals surface area contributed by atoms with Crippen molar-refractivity contribution in [2.75, 3.05) is 17.2 Å². The Kier molecular flexibility index (Phi) is 5.32. The predicted molar refractivity (Wildman–Crippen MR) is 90.6 cm³/mol. The molecule has 1 aliphatic rings. The lowest BCUT2D eigenvalue weighted by Gasteiger charge is -2.30. The van der Waals surface area contributed by atoms with Crippen LogP contribution in [0.5, 0.6) is 0 Å². The summed E-state index contributed by atoms with van der Waals surface area (Å²) >= 11 is 5.82. The number of benzene rings is 1. The van der Waals surface area contributed by atoms with Crippen molar-refractivity contribution in [3.8, 4) is 0 Å². The molecule has 0 aliphatic carbocycles. The van der Waals surface area contributed by atoms with Crippen molar-refractivity contribution in [2.45, 2.75) is 25.8 Å². The summed E-state index contributed by atoms with van der Waals surface area (Å²) in [5.41, 5.74) is 8.80. The minimum absolute atomic E-state index is 0. The summed E-state index contributed by atoms with van der Waals surface area (Å²) in [7, 11) is 0. The van der Waals surface area contributed by atoms with Crippen LogP contribution in [-0.4, -0.2) is 22.2 Å². The van der Waals surface area contributed by atoms with Gasteiger partial charge in [0.25, 0.3) is 0 Å². The molecule has 1 aromatic heterocycles. The Balaban J connectivity index is 0.00000176. The van der Waals surface area contributed by atoms with Crippen molar-refractivity contribution in [3.05, 3.63) is 41.2 Å². The first kappa shape index (κ1) is 16.6. The SMILES string of the molecule is Cl.Nc1cccc2c1CCCN2C(=O)CCn1cc(Cl)cn1. The molecule has 0 saturated heterocycles. The predicted octanol–water partition coefficient (Wildman–Crippen LogP) is 2.91. The van der Waals surface area contributed by atoms with Crippen molar-refractivity contribution < 1.29 is 4.79 Å². The monoisotopic (exact) mass is 340 g/mol. The van der Waals surface area contributed by atoms with Gasteiger partial charge in [0.15, 0.2) is 0 Å². The molecule has 0 spiro atoms. The van der Waals surface area contributed by atoms with Crippen molar-refractivity contribution >= 4 is 41.3 Å². The van der Waals surface area contributed by atoms with E-state index in [2.05, 4.69) is 5.10 Å². The van der Waals surface area contributed by atoms with E-state index in [0.717, 1.165) is 36.3 Å². The average Bonchev–Trinajstić information content (AvgIpc) is 2.90. The van der Waals surface area contributed by atoms with Gasteiger partial charge in [0.1, 0.15) is 0 Å². The number of halogens is 2. The fourth-order valence-corrected chi connectivity index (χ4v) is 2.87. The molecule has 7 heteroatoms. The van der Waals surface area contributed by atoms with E-state index in [9.17, 15) is 4.79 Å². The van der Waals surface area contributed by atoms with E-state index < -0.39 is 0 Å². The number of nitrogens with zero attached hydrogens (tertiary/aromatic N) is 3. The van der Waals surface area contributed by atoms with E-state index in [0.29, 0.717) is 18.0 Å². The number of carbonyl (C=O) groups excluding carboxylic acids is 1. The zero-order valence-electron chi connectivity index (χ0n) is 12.0. The summed E-state index contributed by atoms with van der Waals surface area (Å²) in [4.78, 5) is 14.3. The second-order valence-corrected chi connectivity index (χ2v) is 5.60. The highest BCUT2D eigenvalue weighted by Gasteiger charge is 2.23. The van der Waals surface area contributed by atoms with E-state index in [4.69, 9.17) is 17.3 Å². The molecule has 0 saturated carbocycles. The van der Waals surface area contributed by atoms with Gasteiger partial charge >= 0.3 is 0 Å². The molecule has 2 heterocycles. The van der Waals surface area contributed by atoms with Crippen LogP contribution in [0.3, 0.4) is 0 Å². The van der Waals surface area contributed by atoms with E-state index in [1.165, 1.54) is 0 Å². The van der Waals surface area contributed by atoms with Crippen molar-refractivity contribution in [3.63, 3.8) is 0 Å². The highest BCUT2D eigenvalue weighted by Crippen LogP contribution is 2.31. The van der Waals surface area contributed by atoms with E-state index in [1.807, 2.05) is 23.1 Å². The Morgan fingerprint density at radius 2 is 2.23 bits per heavy atom. The molecule has 2 N–H and O–H groups in total. The molecule has 0 fully saturated rings. The molecule has 1 amide bonds. The molecule has 1 aliphatic heterocycles. The zero-order chi connectivity index (χ0) is 14.8. The molecule has 0 unspecified atom stereocenters. The maximum atomic E-state index is 12.5. The quantitative estimate of drug-likeness (QED) is 0.873. The Bertz CT molecular complexity index is 671. The second kappa shape index (κ2) is 7.03. The molecule has 5 nitrogen and oxygen atoms in total. The van der Waals surface area contributed by atoms with Crippen molar-refractivity contribution in [1.29, 1.82) is 0 Å². The summed E-state index contributed by atoms with van der Waals surface area (Å²) in [6.07, 6.45) is 5.56. The first-order chi connectivity index (χ1) is 10.1. The van der Waals surface area contributed by atoms with Gasteiger partial charge in [-0.3, -0.25) is 9.48 Å². The van der Waals surface area contributed by atoms with Crippen molar-refractivity contribution in [1.82, 2.24) is 9.78 Å². The summed E-state index contributed by atoms with van der Waals surface area (Å²) in [5.74, 6) is 0.0909. The molecule has 22 heavy (non-hydrogen) atoms. The lowest BCUT2D eigenvalue weighted by Crippen LogP contribution is -2.36. The molecule has 0 radical (unpaired) electrons. The minimum atomic E-state index is 0. The lowest BCUT2D eigenvalue weighted by molar-refractivity contribution is -0.118. The Morgan fingerprint density at radius 3 is 2.95 bits per heavy atom.